The van der Waals surface area contributed by atoms with Gasteiger partial charge in [-0.25, -0.2) is 4.79 Å². The van der Waals surface area contributed by atoms with Crippen molar-refractivity contribution in [3.8, 4) is 5.75 Å². The highest BCUT2D eigenvalue weighted by molar-refractivity contribution is 5.77. The average molecular weight is 263 g/mol. The Morgan fingerprint density at radius 1 is 1.42 bits per heavy atom. The van der Waals surface area contributed by atoms with Crippen LogP contribution in [-0.2, 0) is 0 Å². The molecule has 0 spiro atoms. The van der Waals surface area contributed by atoms with Gasteiger partial charge in [-0.2, -0.15) is 0 Å². The van der Waals surface area contributed by atoms with E-state index in [1.54, 1.807) is 12.0 Å². The van der Waals surface area contributed by atoms with E-state index in [-0.39, 0.29) is 12.1 Å². The Kier molecular flexibility index (Phi) is 3.95. The molecule has 1 unspecified atom stereocenters. The van der Waals surface area contributed by atoms with Gasteiger partial charge in [0, 0.05) is 25.2 Å². The summed E-state index contributed by atoms with van der Waals surface area (Å²) >= 11 is 0. The first kappa shape index (κ1) is 13.7. The van der Waals surface area contributed by atoms with Crippen LogP contribution in [0.1, 0.15) is 22.7 Å². The number of hydrogen-bond acceptors (Lipinski definition) is 3. The van der Waals surface area contributed by atoms with Gasteiger partial charge in [0.25, 0.3) is 0 Å². The first-order valence-corrected chi connectivity index (χ1v) is 6.47. The van der Waals surface area contributed by atoms with Gasteiger partial charge in [-0.3, -0.25) is 0 Å². The molecule has 2 amide bonds. The number of carbonyl (C=O) groups is 1. The molecule has 19 heavy (non-hydrogen) atoms. The smallest absolute Gasteiger partial charge is 0.318 e. The fourth-order valence-electron chi connectivity index (χ4n) is 2.38. The molecule has 2 rings (SSSR count). The van der Waals surface area contributed by atoms with E-state index in [0.29, 0.717) is 19.6 Å². The van der Waals surface area contributed by atoms with Crippen molar-refractivity contribution in [1.29, 1.82) is 0 Å². The van der Waals surface area contributed by atoms with E-state index in [9.17, 15) is 4.79 Å². The fourth-order valence-corrected chi connectivity index (χ4v) is 2.38. The number of hydrogen-bond donors (Lipinski definition) is 2. The molecule has 1 aromatic carbocycles. The molecule has 5 nitrogen and oxygen atoms in total. The van der Waals surface area contributed by atoms with Gasteiger partial charge in [0.2, 0.25) is 0 Å². The molecule has 104 valence electrons. The molecule has 1 heterocycles. The predicted octanol–water partition coefficient (Wildman–Crippen LogP) is 1.34. The monoisotopic (exact) mass is 263 g/mol. The summed E-state index contributed by atoms with van der Waals surface area (Å²) < 4.78 is 5.43. The highest BCUT2D eigenvalue weighted by atomic mass is 16.5. The van der Waals surface area contributed by atoms with Crippen molar-refractivity contribution in [3.05, 3.63) is 28.8 Å². The van der Waals surface area contributed by atoms with Gasteiger partial charge in [-0.05, 0) is 37.1 Å². The molecule has 5 heteroatoms. The van der Waals surface area contributed by atoms with Crippen LogP contribution < -0.4 is 15.8 Å². The summed E-state index contributed by atoms with van der Waals surface area (Å²) in [6.45, 7) is 5.80. The number of benzene rings is 1. The standard InChI is InChI=1S/C14H21N3O2/c1-9-6-11(13(19-3)7-10(9)2)12-8-17(5-4-15)14(18)16-12/h6-7,12H,4-5,8,15H2,1-3H3,(H,16,18). The molecule has 0 radical (unpaired) electrons. The van der Waals surface area contributed by atoms with E-state index < -0.39 is 0 Å². The van der Waals surface area contributed by atoms with Gasteiger partial charge in [0.05, 0.1) is 13.2 Å². The third kappa shape index (κ3) is 2.66. The lowest BCUT2D eigenvalue weighted by molar-refractivity contribution is 0.218. The van der Waals surface area contributed by atoms with E-state index in [0.717, 1.165) is 11.3 Å². The Morgan fingerprint density at radius 3 is 2.74 bits per heavy atom. The average Bonchev–Trinajstić information content (AvgIpc) is 2.74. The van der Waals surface area contributed by atoms with Gasteiger partial charge in [0.15, 0.2) is 0 Å². The maximum absolute atomic E-state index is 11.8. The van der Waals surface area contributed by atoms with Gasteiger partial charge in [-0.1, -0.05) is 0 Å². The second-order valence-electron chi connectivity index (χ2n) is 4.92. The third-order valence-electron chi connectivity index (χ3n) is 3.61. The quantitative estimate of drug-likeness (QED) is 0.861. The van der Waals surface area contributed by atoms with Gasteiger partial charge in [0.1, 0.15) is 5.75 Å². The van der Waals surface area contributed by atoms with Crippen molar-refractivity contribution in [2.75, 3.05) is 26.7 Å². The van der Waals surface area contributed by atoms with E-state index in [1.807, 2.05) is 6.07 Å². The normalized spacial score (nSPS) is 18.6. The van der Waals surface area contributed by atoms with Crippen LogP contribution in [0.25, 0.3) is 0 Å². The number of aryl methyl sites for hydroxylation is 2. The largest absolute Gasteiger partial charge is 0.496 e. The summed E-state index contributed by atoms with van der Waals surface area (Å²) in [5.41, 5.74) is 8.92. The van der Waals surface area contributed by atoms with Crippen molar-refractivity contribution in [3.63, 3.8) is 0 Å². The van der Waals surface area contributed by atoms with Crippen LogP contribution in [0.15, 0.2) is 12.1 Å². The molecule has 0 bridgehead atoms. The molecule has 1 aromatic rings. The van der Waals surface area contributed by atoms with E-state index in [2.05, 4.69) is 25.2 Å². The van der Waals surface area contributed by atoms with Crippen molar-refractivity contribution in [1.82, 2.24) is 10.2 Å². The van der Waals surface area contributed by atoms with Gasteiger partial charge < -0.3 is 20.7 Å². The van der Waals surface area contributed by atoms with Crippen LogP contribution in [0.3, 0.4) is 0 Å². The predicted molar refractivity (Wildman–Crippen MR) is 74.4 cm³/mol. The highest BCUT2D eigenvalue weighted by Gasteiger charge is 2.31. The zero-order valence-corrected chi connectivity index (χ0v) is 11.7. The zero-order valence-electron chi connectivity index (χ0n) is 11.7. The zero-order chi connectivity index (χ0) is 14.0. The molecule has 1 aliphatic heterocycles. The fraction of sp³-hybridized carbons (Fsp3) is 0.500. The topological polar surface area (TPSA) is 67.6 Å². The summed E-state index contributed by atoms with van der Waals surface area (Å²) in [7, 11) is 1.65. The summed E-state index contributed by atoms with van der Waals surface area (Å²) in [5, 5.41) is 2.98. The van der Waals surface area contributed by atoms with Crippen molar-refractivity contribution < 1.29 is 9.53 Å². The maximum Gasteiger partial charge on any atom is 0.318 e. The second-order valence-corrected chi connectivity index (χ2v) is 4.92. The van der Waals surface area contributed by atoms with Crippen molar-refractivity contribution in [2.24, 2.45) is 5.73 Å². The van der Waals surface area contributed by atoms with Crippen LogP contribution in [0, 0.1) is 13.8 Å². The number of methoxy groups -OCH3 is 1. The van der Waals surface area contributed by atoms with Crippen LogP contribution in [0.4, 0.5) is 4.79 Å². The number of nitrogens with one attached hydrogen (secondary N) is 1. The lowest BCUT2D eigenvalue weighted by Gasteiger charge is -2.17. The molecule has 0 saturated carbocycles. The number of urea groups is 1. The number of nitrogens with zero attached hydrogens (tertiary/aromatic N) is 1. The van der Waals surface area contributed by atoms with E-state index >= 15 is 0 Å². The number of rotatable bonds is 4. The molecule has 0 aliphatic carbocycles. The summed E-state index contributed by atoms with van der Waals surface area (Å²) in [4.78, 5) is 13.6. The van der Waals surface area contributed by atoms with Crippen LogP contribution in [-0.4, -0.2) is 37.7 Å². The highest BCUT2D eigenvalue weighted by Crippen LogP contribution is 2.31. The lowest BCUT2D eigenvalue weighted by Crippen LogP contribution is -2.32. The SMILES string of the molecule is COc1cc(C)c(C)cc1C1CN(CCN)C(=O)N1. The maximum atomic E-state index is 11.8. The van der Waals surface area contributed by atoms with Crippen molar-refractivity contribution >= 4 is 6.03 Å². The summed E-state index contributed by atoms with van der Waals surface area (Å²) in [6, 6.07) is 4.01. The minimum absolute atomic E-state index is 0.0340. The van der Waals surface area contributed by atoms with Crippen LogP contribution >= 0.6 is 0 Å². The summed E-state index contributed by atoms with van der Waals surface area (Å²) in [5.74, 6) is 0.822. The Morgan fingerprint density at radius 2 is 2.11 bits per heavy atom. The molecular weight excluding hydrogens is 242 g/mol. The van der Waals surface area contributed by atoms with E-state index in [4.69, 9.17) is 10.5 Å². The number of nitrogens with two attached hydrogens (primary N) is 1. The van der Waals surface area contributed by atoms with Crippen molar-refractivity contribution in [2.45, 2.75) is 19.9 Å². The minimum Gasteiger partial charge on any atom is -0.496 e. The second kappa shape index (κ2) is 5.48. The lowest BCUT2D eigenvalue weighted by atomic mass is 10.00. The molecule has 1 aliphatic rings. The Labute approximate surface area is 113 Å². The number of ether oxygens (including phenoxy) is 1. The Bertz CT molecular complexity index is 488. The molecule has 1 atom stereocenters. The molecule has 1 fully saturated rings. The van der Waals surface area contributed by atoms with Crippen LogP contribution in [0.2, 0.25) is 0 Å². The first-order valence-electron chi connectivity index (χ1n) is 6.47. The first-order chi connectivity index (χ1) is 9.06. The van der Waals surface area contributed by atoms with Crippen LogP contribution in [0.5, 0.6) is 5.75 Å². The minimum atomic E-state index is -0.0595. The van der Waals surface area contributed by atoms with Gasteiger partial charge >= 0.3 is 6.03 Å². The van der Waals surface area contributed by atoms with Gasteiger partial charge in [-0.15, -0.1) is 0 Å². The Hall–Kier alpha value is -1.75. The molecule has 1 saturated heterocycles. The Balaban J connectivity index is 2.28. The molecule has 0 aromatic heterocycles. The third-order valence-corrected chi connectivity index (χ3v) is 3.61. The number of amides is 2. The molecule has 3 N–H and O–H groups in total. The summed E-state index contributed by atoms with van der Waals surface area (Å²) in [6.07, 6.45) is 0. The molecular formula is C14H21N3O2. The van der Waals surface area contributed by atoms with E-state index in [1.165, 1.54) is 11.1 Å². The number of carbonyl (C=O) groups excluding carboxylic acids is 1.